The van der Waals surface area contributed by atoms with Crippen LogP contribution in [0, 0.1) is 0 Å². The van der Waals surface area contributed by atoms with Gasteiger partial charge in [-0.2, -0.15) is 0 Å². The highest BCUT2D eigenvalue weighted by Crippen LogP contribution is 2.31. The van der Waals surface area contributed by atoms with E-state index in [1.165, 1.54) is 9.80 Å². The minimum atomic E-state index is -0.654. The molecule has 0 aliphatic carbocycles. The number of rotatable bonds is 2. The Hall–Kier alpha value is -2.77. The molecule has 1 spiro atoms. The zero-order valence-electron chi connectivity index (χ0n) is 15.9. The van der Waals surface area contributed by atoms with Crippen LogP contribution in [0.1, 0.15) is 26.3 Å². The number of nitrogens with zero attached hydrogens (tertiary/aromatic N) is 2. The van der Waals surface area contributed by atoms with Gasteiger partial charge in [0.25, 0.3) is 0 Å². The number of carbonyl (C=O) groups is 3. The van der Waals surface area contributed by atoms with Crippen molar-refractivity contribution in [3.63, 3.8) is 0 Å². The van der Waals surface area contributed by atoms with E-state index in [0.29, 0.717) is 13.1 Å². The van der Waals surface area contributed by atoms with E-state index in [0.717, 1.165) is 5.56 Å². The molecular formula is C19H25N3O5. The molecule has 2 fully saturated rings. The van der Waals surface area contributed by atoms with Crippen LogP contribution in [0.5, 0.6) is 0 Å². The van der Waals surface area contributed by atoms with Gasteiger partial charge in [0.15, 0.2) is 0 Å². The van der Waals surface area contributed by atoms with Crippen LogP contribution in [0.15, 0.2) is 30.3 Å². The molecule has 2 aliphatic rings. The van der Waals surface area contributed by atoms with E-state index in [1.807, 2.05) is 30.3 Å². The van der Waals surface area contributed by atoms with Crippen molar-refractivity contribution in [3.8, 4) is 0 Å². The second-order valence-corrected chi connectivity index (χ2v) is 7.96. The molecule has 8 heteroatoms. The maximum Gasteiger partial charge on any atom is 0.411 e. The van der Waals surface area contributed by atoms with Crippen molar-refractivity contribution in [2.75, 3.05) is 26.2 Å². The Morgan fingerprint density at radius 3 is 2.44 bits per heavy atom. The molecule has 0 bridgehead atoms. The summed E-state index contributed by atoms with van der Waals surface area (Å²) in [6.45, 7) is 6.31. The Kier molecular flexibility index (Phi) is 4.99. The summed E-state index contributed by atoms with van der Waals surface area (Å²) in [6.07, 6.45) is -0.986. The van der Waals surface area contributed by atoms with Gasteiger partial charge in [0.2, 0.25) is 5.91 Å². The average molecular weight is 375 g/mol. The maximum absolute atomic E-state index is 12.6. The molecule has 8 nitrogen and oxygen atoms in total. The molecular weight excluding hydrogens is 350 g/mol. The van der Waals surface area contributed by atoms with Crippen LogP contribution in [0.4, 0.5) is 9.59 Å². The molecule has 1 aromatic rings. The number of benzene rings is 1. The number of carbonyl (C=O) groups excluding carboxylic acids is 3. The minimum absolute atomic E-state index is 0.0875. The van der Waals surface area contributed by atoms with Crippen LogP contribution in [0.2, 0.25) is 0 Å². The van der Waals surface area contributed by atoms with Gasteiger partial charge in [-0.05, 0) is 26.3 Å². The number of piperazine rings is 1. The number of ether oxygens (including phenoxy) is 2. The van der Waals surface area contributed by atoms with Crippen LogP contribution in [-0.2, 0) is 20.9 Å². The third-order valence-corrected chi connectivity index (χ3v) is 4.54. The number of amides is 3. The lowest BCUT2D eigenvalue weighted by Gasteiger charge is -2.56. The summed E-state index contributed by atoms with van der Waals surface area (Å²) in [6, 6.07) is 9.33. The van der Waals surface area contributed by atoms with Gasteiger partial charge in [-0.15, -0.1) is 0 Å². The summed E-state index contributed by atoms with van der Waals surface area (Å²) in [7, 11) is 0. The summed E-state index contributed by atoms with van der Waals surface area (Å²) in [5, 5.41) is 2.77. The third-order valence-electron chi connectivity index (χ3n) is 4.54. The Morgan fingerprint density at radius 2 is 1.81 bits per heavy atom. The fourth-order valence-corrected chi connectivity index (χ4v) is 3.18. The quantitative estimate of drug-likeness (QED) is 0.851. The fraction of sp³-hybridized carbons (Fsp3) is 0.526. The first-order valence-corrected chi connectivity index (χ1v) is 8.91. The molecule has 3 rings (SSSR count). The first-order chi connectivity index (χ1) is 12.7. The Labute approximate surface area is 158 Å². The molecule has 3 amide bonds. The highest BCUT2D eigenvalue weighted by Gasteiger charge is 2.55. The van der Waals surface area contributed by atoms with E-state index in [2.05, 4.69) is 5.32 Å². The maximum atomic E-state index is 12.6. The van der Waals surface area contributed by atoms with Crippen LogP contribution < -0.4 is 5.32 Å². The highest BCUT2D eigenvalue weighted by atomic mass is 16.6. The molecule has 1 N–H and O–H groups in total. The predicted molar refractivity (Wildman–Crippen MR) is 96.9 cm³/mol. The van der Waals surface area contributed by atoms with E-state index in [9.17, 15) is 14.4 Å². The highest BCUT2D eigenvalue weighted by molar-refractivity contribution is 5.85. The summed E-state index contributed by atoms with van der Waals surface area (Å²) in [5.74, 6) is -0.243. The topological polar surface area (TPSA) is 88.2 Å². The van der Waals surface area contributed by atoms with Crippen LogP contribution in [0.25, 0.3) is 0 Å². The van der Waals surface area contributed by atoms with E-state index in [4.69, 9.17) is 9.47 Å². The van der Waals surface area contributed by atoms with Gasteiger partial charge in [-0.3, -0.25) is 9.69 Å². The smallest absolute Gasteiger partial charge is 0.411 e. The molecule has 0 radical (unpaired) electrons. The molecule has 0 atom stereocenters. The van der Waals surface area contributed by atoms with Crippen molar-refractivity contribution >= 4 is 18.1 Å². The first-order valence-electron chi connectivity index (χ1n) is 8.91. The number of hydrogen-bond donors (Lipinski definition) is 1. The summed E-state index contributed by atoms with van der Waals surface area (Å²) < 4.78 is 10.8. The van der Waals surface area contributed by atoms with Gasteiger partial charge in [-0.25, -0.2) is 9.59 Å². The van der Waals surface area contributed by atoms with E-state index in [1.54, 1.807) is 20.8 Å². The Morgan fingerprint density at radius 1 is 1.15 bits per heavy atom. The van der Waals surface area contributed by atoms with Gasteiger partial charge in [0, 0.05) is 6.54 Å². The lowest BCUT2D eigenvalue weighted by Crippen LogP contribution is -2.79. The molecule has 2 heterocycles. The molecule has 146 valence electrons. The van der Waals surface area contributed by atoms with Gasteiger partial charge >= 0.3 is 12.2 Å². The van der Waals surface area contributed by atoms with Crippen molar-refractivity contribution in [2.45, 2.75) is 38.5 Å². The van der Waals surface area contributed by atoms with Gasteiger partial charge < -0.3 is 19.7 Å². The molecule has 27 heavy (non-hydrogen) atoms. The second-order valence-electron chi connectivity index (χ2n) is 7.96. The van der Waals surface area contributed by atoms with Crippen molar-refractivity contribution in [3.05, 3.63) is 35.9 Å². The van der Waals surface area contributed by atoms with E-state index in [-0.39, 0.29) is 25.6 Å². The fourth-order valence-electron chi connectivity index (χ4n) is 3.18. The first kappa shape index (κ1) is 19.0. The molecule has 0 unspecified atom stereocenters. The Bertz CT molecular complexity index is 723. The largest absolute Gasteiger partial charge is 0.445 e. The SMILES string of the molecule is CC(C)(C)OC(=O)N1CC2(CNC(=O)CN2C(=O)OCc2ccccc2)C1. The van der Waals surface area contributed by atoms with E-state index < -0.39 is 23.3 Å². The summed E-state index contributed by atoms with van der Waals surface area (Å²) in [5.41, 5.74) is -0.376. The van der Waals surface area contributed by atoms with Crippen LogP contribution in [-0.4, -0.2) is 65.2 Å². The zero-order valence-corrected chi connectivity index (χ0v) is 15.9. The molecule has 0 aromatic heterocycles. The van der Waals surface area contributed by atoms with Gasteiger partial charge in [0.05, 0.1) is 18.6 Å². The molecule has 2 aliphatic heterocycles. The predicted octanol–water partition coefficient (Wildman–Crippen LogP) is 1.74. The standard InChI is InChI=1S/C19H25N3O5/c1-18(2,3)27-16(24)21-12-19(13-21)11-20-15(23)9-22(19)17(25)26-10-14-7-5-4-6-8-14/h4-8H,9-13H2,1-3H3,(H,20,23). The zero-order chi connectivity index (χ0) is 19.7. The van der Waals surface area contributed by atoms with Crippen molar-refractivity contribution in [2.24, 2.45) is 0 Å². The average Bonchev–Trinajstić information content (AvgIpc) is 2.57. The van der Waals surface area contributed by atoms with Gasteiger partial charge in [-0.1, -0.05) is 30.3 Å². The third kappa shape index (κ3) is 4.32. The molecule has 0 saturated carbocycles. The number of likely N-dealkylation sites (tertiary alicyclic amines) is 1. The molecule has 2 saturated heterocycles. The number of hydrogen-bond acceptors (Lipinski definition) is 5. The van der Waals surface area contributed by atoms with Crippen molar-refractivity contribution in [1.82, 2.24) is 15.1 Å². The number of nitrogens with one attached hydrogen (secondary N) is 1. The summed E-state index contributed by atoms with van der Waals surface area (Å²) >= 11 is 0. The van der Waals surface area contributed by atoms with Crippen molar-refractivity contribution < 1.29 is 23.9 Å². The lowest BCUT2D eigenvalue weighted by molar-refractivity contribution is -0.133. The normalized spacial score (nSPS) is 18.6. The van der Waals surface area contributed by atoms with Crippen LogP contribution >= 0.6 is 0 Å². The van der Waals surface area contributed by atoms with Gasteiger partial charge in [0.1, 0.15) is 18.8 Å². The van der Waals surface area contributed by atoms with Crippen LogP contribution in [0.3, 0.4) is 0 Å². The van der Waals surface area contributed by atoms with E-state index >= 15 is 0 Å². The monoisotopic (exact) mass is 375 g/mol. The Balaban J connectivity index is 1.63. The summed E-state index contributed by atoms with van der Waals surface area (Å²) in [4.78, 5) is 39.6. The second kappa shape index (κ2) is 7.09. The molecule has 1 aromatic carbocycles. The lowest BCUT2D eigenvalue weighted by atomic mass is 9.86. The van der Waals surface area contributed by atoms with Crippen molar-refractivity contribution in [1.29, 1.82) is 0 Å². The minimum Gasteiger partial charge on any atom is -0.445 e.